The second-order valence-corrected chi connectivity index (χ2v) is 8.98. The van der Waals surface area contributed by atoms with Crippen LogP contribution < -0.4 is 15.8 Å². The number of Topliss-reactive ketones (excluding diaryl/α,β-unsaturated/α-hetero) is 1. The largest absolute Gasteiger partial charge is 0.496 e. The summed E-state index contributed by atoms with van der Waals surface area (Å²) in [6, 6.07) is 5.64. The summed E-state index contributed by atoms with van der Waals surface area (Å²) in [6.45, 7) is 5.84. The molecule has 0 unspecified atom stereocenters. The Balaban J connectivity index is 1.54. The molecule has 10 heteroatoms. The van der Waals surface area contributed by atoms with E-state index in [-0.39, 0.29) is 24.3 Å². The summed E-state index contributed by atoms with van der Waals surface area (Å²) in [5.41, 5.74) is 8.93. The van der Waals surface area contributed by atoms with E-state index in [1.54, 1.807) is 13.3 Å². The van der Waals surface area contributed by atoms with Gasteiger partial charge in [-0.2, -0.15) is 10.1 Å². The molecule has 0 bridgehead atoms. The number of nitrogens with one attached hydrogen (secondary N) is 1. The minimum absolute atomic E-state index is 0.00470. The van der Waals surface area contributed by atoms with E-state index < -0.39 is 0 Å². The van der Waals surface area contributed by atoms with Gasteiger partial charge in [-0.3, -0.25) is 9.48 Å². The predicted octanol–water partition coefficient (Wildman–Crippen LogP) is 2.56. The molecule has 1 aromatic carbocycles. The van der Waals surface area contributed by atoms with Crippen molar-refractivity contribution in [2.45, 2.75) is 39.2 Å². The summed E-state index contributed by atoms with van der Waals surface area (Å²) < 4.78 is 7.50. The van der Waals surface area contributed by atoms with Crippen molar-refractivity contribution in [3.8, 4) is 5.75 Å². The van der Waals surface area contributed by atoms with Crippen molar-refractivity contribution in [3.05, 3.63) is 35.5 Å². The Bertz CT molecular complexity index is 1160. The van der Waals surface area contributed by atoms with Crippen molar-refractivity contribution in [3.63, 3.8) is 0 Å². The number of nitrogens with zero attached hydrogens (tertiary/aromatic N) is 5. The van der Waals surface area contributed by atoms with Crippen LogP contribution in [0, 0.1) is 5.92 Å². The number of benzene rings is 1. The number of ether oxygens (including phenoxy) is 1. The molecule has 0 amide bonds. The minimum Gasteiger partial charge on any atom is -0.496 e. The fourth-order valence-electron chi connectivity index (χ4n) is 4.63. The number of carbonyl (C=O) groups excluding carboxylic acids is 1. The number of hydrogen-bond donors (Lipinski definition) is 3. The number of likely N-dealkylation sites (tertiary alicyclic amines) is 1. The zero-order valence-electron chi connectivity index (χ0n) is 20.5. The molecule has 3 heterocycles. The molecule has 0 atom stereocenters. The van der Waals surface area contributed by atoms with Crippen LogP contribution in [0.25, 0.3) is 11.0 Å². The van der Waals surface area contributed by atoms with Gasteiger partial charge in [-0.05, 0) is 38.4 Å². The lowest BCUT2D eigenvalue weighted by Crippen LogP contribution is -2.37. The molecular weight excluding hydrogens is 446 g/mol. The Morgan fingerprint density at radius 2 is 2.09 bits per heavy atom. The van der Waals surface area contributed by atoms with Crippen molar-refractivity contribution < 1.29 is 14.6 Å². The van der Waals surface area contributed by atoms with E-state index in [4.69, 9.17) is 15.6 Å². The number of unbranched alkanes of at least 4 members (excludes halogenated alkanes) is 1. The van der Waals surface area contributed by atoms with Crippen LogP contribution in [0.15, 0.2) is 24.4 Å². The monoisotopic (exact) mass is 481 g/mol. The number of nitrogens with two attached hydrogens (primary N) is 1. The summed E-state index contributed by atoms with van der Waals surface area (Å²) in [6.07, 6.45) is 5.38. The van der Waals surface area contributed by atoms with Crippen LogP contribution >= 0.6 is 0 Å². The summed E-state index contributed by atoms with van der Waals surface area (Å²) in [4.78, 5) is 24.1. The highest BCUT2D eigenvalue weighted by atomic mass is 16.5. The fourth-order valence-corrected chi connectivity index (χ4v) is 4.63. The van der Waals surface area contributed by atoms with E-state index in [0.717, 1.165) is 56.4 Å². The lowest BCUT2D eigenvalue weighted by Gasteiger charge is -2.30. The van der Waals surface area contributed by atoms with Crippen molar-refractivity contribution in [2.24, 2.45) is 5.92 Å². The minimum atomic E-state index is -0.00470. The molecule has 4 rings (SSSR count). The van der Waals surface area contributed by atoms with Gasteiger partial charge in [0.2, 0.25) is 5.95 Å². The molecule has 0 saturated carbocycles. The molecule has 0 aliphatic carbocycles. The molecule has 10 nitrogen and oxygen atoms in total. The average Bonchev–Trinajstić information content (AvgIpc) is 3.27. The first-order valence-electron chi connectivity index (χ1n) is 12.3. The first kappa shape index (κ1) is 24.9. The highest BCUT2D eigenvalue weighted by Gasteiger charge is 2.26. The number of hydrogen-bond acceptors (Lipinski definition) is 9. The van der Waals surface area contributed by atoms with Gasteiger partial charge < -0.3 is 25.8 Å². The van der Waals surface area contributed by atoms with Gasteiger partial charge in [-0.15, -0.1) is 0 Å². The zero-order valence-corrected chi connectivity index (χ0v) is 20.5. The molecule has 0 radical (unpaired) electrons. The molecule has 1 fully saturated rings. The van der Waals surface area contributed by atoms with Gasteiger partial charge in [-0.1, -0.05) is 25.5 Å². The van der Waals surface area contributed by atoms with Gasteiger partial charge in [0.15, 0.2) is 11.6 Å². The first-order valence-corrected chi connectivity index (χ1v) is 12.3. The number of methoxy groups -OCH3 is 1. The van der Waals surface area contributed by atoms with Crippen LogP contribution in [-0.4, -0.2) is 75.4 Å². The topological polar surface area (TPSA) is 131 Å². The summed E-state index contributed by atoms with van der Waals surface area (Å²) in [5.74, 6) is 1.66. The molecular formula is C25H35N7O3. The molecule has 188 valence electrons. The van der Waals surface area contributed by atoms with Gasteiger partial charge in [0.1, 0.15) is 16.8 Å². The number of anilines is 2. The number of aromatic nitrogens is 4. The number of carbonyl (C=O) groups is 1. The number of ketones is 1. The maximum absolute atomic E-state index is 13.2. The van der Waals surface area contributed by atoms with E-state index in [1.807, 2.05) is 22.9 Å². The van der Waals surface area contributed by atoms with Crippen molar-refractivity contribution in [2.75, 3.05) is 50.9 Å². The van der Waals surface area contributed by atoms with Crippen LogP contribution in [0.3, 0.4) is 0 Å². The number of fused-ring (bicyclic) bond motifs is 1. The smallest absolute Gasteiger partial charge is 0.222 e. The number of aliphatic hydroxyl groups is 1. The van der Waals surface area contributed by atoms with Gasteiger partial charge in [0.25, 0.3) is 0 Å². The first-order chi connectivity index (χ1) is 17.0. The van der Waals surface area contributed by atoms with Crippen molar-refractivity contribution in [1.82, 2.24) is 24.6 Å². The Kier molecular flexibility index (Phi) is 8.14. The van der Waals surface area contributed by atoms with Crippen LogP contribution in [0.2, 0.25) is 0 Å². The highest BCUT2D eigenvalue weighted by Crippen LogP contribution is 2.28. The van der Waals surface area contributed by atoms with Crippen LogP contribution in [0.5, 0.6) is 5.75 Å². The number of rotatable bonds is 11. The molecule has 2 aromatic heterocycles. The predicted molar refractivity (Wildman–Crippen MR) is 136 cm³/mol. The third-order valence-electron chi connectivity index (χ3n) is 6.59. The molecule has 1 aliphatic rings. The molecule has 1 aliphatic heterocycles. The second kappa shape index (κ2) is 11.5. The standard InChI is InChI=1S/C25H35N7O3/c1-3-4-9-27-24-22-20(29-25(26)30-24)15-28-32(22)16-19-6-5-18(14-21(19)35-2)23(34)17-7-10-31(11-8-17)12-13-33/h5-6,14-15,17,33H,3-4,7-13,16H2,1-2H3,(H3,26,27,29,30). The second-order valence-electron chi connectivity index (χ2n) is 8.98. The summed E-state index contributed by atoms with van der Waals surface area (Å²) in [5, 5.41) is 17.0. The number of piperidine rings is 1. The third kappa shape index (κ3) is 5.71. The van der Waals surface area contributed by atoms with E-state index in [0.29, 0.717) is 35.7 Å². The quantitative estimate of drug-likeness (QED) is 0.279. The van der Waals surface area contributed by atoms with E-state index >= 15 is 0 Å². The lowest BCUT2D eigenvalue weighted by molar-refractivity contribution is 0.0823. The van der Waals surface area contributed by atoms with E-state index in [2.05, 4.69) is 32.2 Å². The molecule has 4 N–H and O–H groups in total. The third-order valence-corrected chi connectivity index (χ3v) is 6.59. The number of β-amino-alcohol motifs (C(OH)–C–C–N with tert-alkyl or cyclic N) is 1. The van der Waals surface area contributed by atoms with Crippen molar-refractivity contribution >= 4 is 28.6 Å². The zero-order chi connectivity index (χ0) is 24.8. The van der Waals surface area contributed by atoms with E-state index in [9.17, 15) is 4.79 Å². The van der Waals surface area contributed by atoms with Gasteiger partial charge in [0.05, 0.1) is 26.5 Å². The average molecular weight is 482 g/mol. The molecule has 0 spiro atoms. The maximum atomic E-state index is 13.2. The normalized spacial score (nSPS) is 14.9. The van der Waals surface area contributed by atoms with Gasteiger partial charge in [0, 0.05) is 30.1 Å². The van der Waals surface area contributed by atoms with Crippen LogP contribution in [0.1, 0.15) is 48.5 Å². The highest BCUT2D eigenvalue weighted by molar-refractivity contribution is 5.98. The Morgan fingerprint density at radius 1 is 1.29 bits per heavy atom. The number of nitrogen functional groups attached to an aromatic ring is 1. The van der Waals surface area contributed by atoms with E-state index in [1.165, 1.54) is 0 Å². The van der Waals surface area contributed by atoms with Gasteiger partial charge >= 0.3 is 0 Å². The lowest BCUT2D eigenvalue weighted by atomic mass is 9.88. The molecule has 3 aromatic rings. The number of aliphatic hydroxyl groups excluding tert-OH is 1. The summed E-state index contributed by atoms with van der Waals surface area (Å²) in [7, 11) is 1.61. The molecule has 35 heavy (non-hydrogen) atoms. The summed E-state index contributed by atoms with van der Waals surface area (Å²) >= 11 is 0. The maximum Gasteiger partial charge on any atom is 0.222 e. The molecule has 1 saturated heterocycles. The van der Waals surface area contributed by atoms with Crippen LogP contribution in [0.4, 0.5) is 11.8 Å². The SMILES string of the molecule is CCCCNc1nc(N)nc2cnn(Cc3ccc(C(=O)C4CCN(CCO)CC4)cc3OC)c12. The fraction of sp³-hybridized carbons (Fsp3) is 0.520. The van der Waals surface area contributed by atoms with Crippen molar-refractivity contribution in [1.29, 1.82) is 0 Å². The van der Waals surface area contributed by atoms with Gasteiger partial charge in [-0.25, -0.2) is 4.98 Å². The Hall–Kier alpha value is -3.24. The Labute approximate surface area is 205 Å². The van der Waals surface area contributed by atoms with Crippen LogP contribution in [-0.2, 0) is 6.54 Å². The Morgan fingerprint density at radius 3 is 2.80 bits per heavy atom.